The van der Waals surface area contributed by atoms with Crippen LogP contribution in [0.5, 0.6) is 0 Å². The average molecular weight is 391 g/mol. The molecule has 0 saturated heterocycles. The molecule has 0 aliphatic carbocycles. The highest BCUT2D eigenvalue weighted by molar-refractivity contribution is 7.86. The lowest BCUT2D eigenvalue weighted by Gasteiger charge is -2.13. The molecule has 0 spiro atoms. The van der Waals surface area contributed by atoms with E-state index >= 15 is 0 Å². The van der Waals surface area contributed by atoms with Gasteiger partial charge in [0.1, 0.15) is 0 Å². The Hall–Kier alpha value is -0.0900. The first kappa shape index (κ1) is 25.9. The van der Waals surface area contributed by atoms with Gasteiger partial charge in [0.05, 0.1) is 5.25 Å². The van der Waals surface area contributed by atoms with E-state index in [1.165, 1.54) is 83.5 Å². The molecule has 0 aromatic carbocycles. The maximum absolute atomic E-state index is 11.6. The molecule has 0 aliphatic heterocycles. The maximum atomic E-state index is 11.6. The van der Waals surface area contributed by atoms with Gasteiger partial charge in [-0.05, 0) is 12.8 Å². The average Bonchev–Trinajstić information content (AvgIpc) is 2.59. The molecule has 0 heterocycles. The lowest BCUT2D eigenvalue weighted by molar-refractivity contribution is 0.442. The van der Waals surface area contributed by atoms with Crippen LogP contribution in [0.2, 0.25) is 0 Å². The molecule has 26 heavy (non-hydrogen) atoms. The van der Waals surface area contributed by atoms with E-state index in [0.29, 0.717) is 12.8 Å². The lowest BCUT2D eigenvalue weighted by Crippen LogP contribution is -2.20. The van der Waals surface area contributed by atoms with Crippen molar-refractivity contribution in [1.82, 2.24) is 0 Å². The Morgan fingerprint density at radius 1 is 0.538 bits per heavy atom. The van der Waals surface area contributed by atoms with Gasteiger partial charge in [-0.15, -0.1) is 0 Å². The second-order valence-corrected chi connectivity index (χ2v) is 9.71. The molecule has 4 heteroatoms. The topological polar surface area (TPSA) is 54.4 Å². The summed E-state index contributed by atoms with van der Waals surface area (Å²) >= 11 is 0. The smallest absolute Gasteiger partial charge is 0.267 e. The van der Waals surface area contributed by atoms with Crippen molar-refractivity contribution in [2.24, 2.45) is 0 Å². The summed E-state index contributed by atoms with van der Waals surface area (Å²) in [6.45, 7) is 4.46. The minimum Gasteiger partial charge on any atom is -0.285 e. The number of unbranched alkanes of at least 4 members (excludes halogenated alkanes) is 15. The fraction of sp³-hybridized carbons (Fsp3) is 1.00. The van der Waals surface area contributed by atoms with E-state index in [4.69, 9.17) is 0 Å². The molecule has 0 rings (SSSR count). The van der Waals surface area contributed by atoms with Crippen LogP contribution in [-0.2, 0) is 10.1 Å². The predicted molar refractivity (Wildman–Crippen MR) is 114 cm³/mol. The first-order chi connectivity index (χ1) is 12.5. The van der Waals surface area contributed by atoms with E-state index in [0.717, 1.165) is 25.7 Å². The van der Waals surface area contributed by atoms with Gasteiger partial charge >= 0.3 is 0 Å². The molecular formula is C22H46O3S. The second kappa shape index (κ2) is 18.3. The van der Waals surface area contributed by atoms with Crippen molar-refractivity contribution in [2.75, 3.05) is 0 Å². The normalized spacial score (nSPS) is 13.2. The summed E-state index contributed by atoms with van der Waals surface area (Å²) in [6.07, 6.45) is 22.0. The van der Waals surface area contributed by atoms with Gasteiger partial charge in [-0.1, -0.05) is 123 Å². The molecule has 0 aliphatic rings. The highest BCUT2D eigenvalue weighted by atomic mass is 32.2. The van der Waals surface area contributed by atoms with E-state index < -0.39 is 15.4 Å². The maximum Gasteiger partial charge on any atom is 0.267 e. The van der Waals surface area contributed by atoms with Gasteiger partial charge in [-0.25, -0.2) is 0 Å². The fourth-order valence-electron chi connectivity index (χ4n) is 3.63. The third-order valence-corrected chi connectivity index (χ3v) is 6.74. The van der Waals surface area contributed by atoms with Gasteiger partial charge in [0.15, 0.2) is 0 Å². The summed E-state index contributed by atoms with van der Waals surface area (Å²) in [5.41, 5.74) is 0. The molecular weight excluding hydrogens is 344 g/mol. The Balaban J connectivity index is 3.68. The standard InChI is InChI=1S/C22H46O3S/c1-3-5-7-9-11-13-15-17-19-21-22(26(23,24)25)20-18-16-14-12-10-8-6-4-2/h22H,3-21H2,1-2H3,(H,23,24,25). The SMILES string of the molecule is CCCCCCCCCCCC(CCCCCCCCCC)S(=O)(=O)O. The predicted octanol–water partition coefficient (Wildman–Crippen LogP) is 7.69. The van der Waals surface area contributed by atoms with Gasteiger partial charge < -0.3 is 0 Å². The number of hydrogen-bond acceptors (Lipinski definition) is 2. The van der Waals surface area contributed by atoms with E-state index in [2.05, 4.69) is 13.8 Å². The van der Waals surface area contributed by atoms with Crippen LogP contribution in [0.15, 0.2) is 0 Å². The molecule has 1 unspecified atom stereocenters. The Bertz CT molecular complexity index is 379. The van der Waals surface area contributed by atoms with E-state index in [9.17, 15) is 13.0 Å². The molecule has 3 nitrogen and oxygen atoms in total. The van der Waals surface area contributed by atoms with Gasteiger partial charge in [0.2, 0.25) is 0 Å². The first-order valence-electron chi connectivity index (χ1n) is 11.5. The summed E-state index contributed by atoms with van der Waals surface area (Å²) in [6, 6.07) is 0. The summed E-state index contributed by atoms with van der Waals surface area (Å²) in [7, 11) is -3.88. The zero-order valence-corrected chi connectivity index (χ0v) is 18.5. The molecule has 0 fully saturated rings. The number of rotatable bonds is 20. The molecule has 1 atom stereocenters. The van der Waals surface area contributed by atoms with Crippen molar-refractivity contribution in [1.29, 1.82) is 0 Å². The highest BCUT2D eigenvalue weighted by Gasteiger charge is 2.21. The molecule has 0 aromatic rings. The largest absolute Gasteiger partial charge is 0.285 e. The molecule has 0 amide bonds. The van der Waals surface area contributed by atoms with Gasteiger partial charge in [0, 0.05) is 0 Å². The zero-order chi connectivity index (χ0) is 19.5. The van der Waals surface area contributed by atoms with E-state index in [1.54, 1.807) is 0 Å². The van der Waals surface area contributed by atoms with E-state index in [-0.39, 0.29) is 0 Å². The minimum atomic E-state index is -3.88. The molecule has 0 saturated carbocycles. The van der Waals surface area contributed by atoms with E-state index in [1.807, 2.05) is 0 Å². The summed E-state index contributed by atoms with van der Waals surface area (Å²) in [5.74, 6) is 0. The molecule has 0 bridgehead atoms. The molecule has 0 aromatic heterocycles. The summed E-state index contributed by atoms with van der Waals surface area (Å²) < 4.78 is 32.7. The van der Waals surface area contributed by atoms with Crippen molar-refractivity contribution < 1.29 is 13.0 Å². The van der Waals surface area contributed by atoms with Crippen molar-refractivity contribution >= 4 is 10.1 Å². The Labute approximate surface area is 164 Å². The van der Waals surface area contributed by atoms with Crippen molar-refractivity contribution in [2.45, 2.75) is 141 Å². The Morgan fingerprint density at radius 2 is 0.808 bits per heavy atom. The quantitative estimate of drug-likeness (QED) is 0.171. The van der Waals surface area contributed by atoms with Crippen molar-refractivity contribution in [3.63, 3.8) is 0 Å². The van der Waals surface area contributed by atoms with Crippen LogP contribution in [-0.4, -0.2) is 18.2 Å². The third-order valence-electron chi connectivity index (χ3n) is 5.43. The van der Waals surface area contributed by atoms with Crippen molar-refractivity contribution in [3.8, 4) is 0 Å². The van der Waals surface area contributed by atoms with Crippen LogP contribution in [0.4, 0.5) is 0 Å². The fourth-order valence-corrected chi connectivity index (χ4v) is 4.56. The van der Waals surface area contributed by atoms with Crippen LogP contribution in [0.25, 0.3) is 0 Å². The molecule has 1 N–H and O–H groups in total. The minimum absolute atomic E-state index is 0.535. The van der Waals surface area contributed by atoms with Gasteiger partial charge in [-0.3, -0.25) is 4.55 Å². The zero-order valence-electron chi connectivity index (χ0n) is 17.7. The first-order valence-corrected chi connectivity index (χ1v) is 13.0. The second-order valence-electron chi connectivity index (χ2n) is 8.02. The monoisotopic (exact) mass is 390 g/mol. The summed E-state index contributed by atoms with van der Waals surface area (Å²) in [4.78, 5) is 0. The molecule has 0 radical (unpaired) electrons. The van der Waals surface area contributed by atoms with Crippen LogP contribution < -0.4 is 0 Å². The van der Waals surface area contributed by atoms with Gasteiger partial charge in [0.25, 0.3) is 10.1 Å². The third kappa shape index (κ3) is 17.3. The van der Waals surface area contributed by atoms with Crippen LogP contribution in [0.3, 0.4) is 0 Å². The van der Waals surface area contributed by atoms with Crippen LogP contribution >= 0.6 is 0 Å². The van der Waals surface area contributed by atoms with Crippen molar-refractivity contribution in [3.05, 3.63) is 0 Å². The Kier molecular flexibility index (Phi) is 18.2. The van der Waals surface area contributed by atoms with Gasteiger partial charge in [-0.2, -0.15) is 8.42 Å². The lowest BCUT2D eigenvalue weighted by atomic mass is 10.0. The molecule has 158 valence electrons. The summed E-state index contributed by atoms with van der Waals surface area (Å²) in [5, 5.41) is -0.535. The highest BCUT2D eigenvalue weighted by Crippen LogP contribution is 2.19. The Morgan fingerprint density at radius 3 is 1.08 bits per heavy atom. The van der Waals surface area contributed by atoms with Crippen LogP contribution in [0, 0.1) is 0 Å². The van der Waals surface area contributed by atoms with Crippen LogP contribution in [0.1, 0.15) is 136 Å². The number of hydrogen-bond donors (Lipinski definition) is 1.